The minimum absolute atomic E-state index is 0.117. The normalized spacial score (nSPS) is 18.4. The van der Waals surface area contributed by atoms with E-state index in [1.807, 2.05) is 15.9 Å². The zero-order valence-corrected chi connectivity index (χ0v) is 8.10. The van der Waals surface area contributed by atoms with E-state index < -0.39 is 16.6 Å². The lowest BCUT2D eigenvalue weighted by atomic mass is 10.3. The molecule has 4 nitrogen and oxygen atoms in total. The number of hydrogen-bond acceptors (Lipinski definition) is 2. The summed E-state index contributed by atoms with van der Waals surface area (Å²) in [6.45, 7) is 0.0272. The van der Waals surface area contributed by atoms with Crippen LogP contribution in [0.1, 0.15) is 0 Å². The zero-order valence-electron chi connectivity index (χ0n) is 6.52. The highest BCUT2D eigenvalue weighted by atomic mass is 79.9. The Morgan fingerprint density at radius 3 is 2.69 bits per heavy atom. The highest BCUT2D eigenvalue weighted by molar-refractivity contribution is 9.10. The van der Waals surface area contributed by atoms with Crippen LogP contribution in [0.15, 0.2) is 0 Å². The Balaban J connectivity index is 2.62. The van der Waals surface area contributed by atoms with Gasteiger partial charge >= 0.3 is 10.7 Å². The van der Waals surface area contributed by atoms with Gasteiger partial charge in [0.2, 0.25) is 5.91 Å². The highest BCUT2D eigenvalue weighted by Gasteiger charge is 2.40. The van der Waals surface area contributed by atoms with Crippen molar-refractivity contribution in [3.63, 3.8) is 0 Å². The van der Waals surface area contributed by atoms with Gasteiger partial charge in [-0.1, -0.05) is 0 Å². The van der Waals surface area contributed by atoms with E-state index >= 15 is 0 Å². The number of carbonyl (C=O) groups is 2. The van der Waals surface area contributed by atoms with Gasteiger partial charge in [-0.3, -0.25) is 9.59 Å². The van der Waals surface area contributed by atoms with Crippen LogP contribution >= 0.6 is 15.9 Å². The number of amides is 2. The fourth-order valence-corrected chi connectivity index (χ4v) is 1.24. The van der Waals surface area contributed by atoms with Crippen molar-refractivity contribution >= 4 is 27.7 Å². The summed E-state index contributed by atoms with van der Waals surface area (Å²) < 4.78 is 24.8. The van der Waals surface area contributed by atoms with Gasteiger partial charge in [-0.05, 0) is 0 Å². The van der Waals surface area contributed by atoms with Crippen LogP contribution in [0.5, 0.6) is 0 Å². The molecule has 0 aliphatic carbocycles. The molecule has 1 aliphatic heterocycles. The van der Waals surface area contributed by atoms with Crippen LogP contribution in [-0.2, 0) is 9.59 Å². The first-order valence-electron chi connectivity index (χ1n) is 3.54. The van der Waals surface area contributed by atoms with Crippen LogP contribution in [-0.4, -0.2) is 41.2 Å². The molecule has 0 saturated carbocycles. The average Bonchev–Trinajstić information content (AvgIpc) is 2.01. The van der Waals surface area contributed by atoms with Gasteiger partial charge in [0.05, 0.1) is 6.54 Å². The Labute approximate surface area is 81.4 Å². The number of alkyl halides is 3. The molecular formula is C6H7BrF2N2O2. The van der Waals surface area contributed by atoms with Crippen molar-refractivity contribution in [3.8, 4) is 0 Å². The molecular weight excluding hydrogens is 250 g/mol. The Morgan fingerprint density at radius 2 is 2.23 bits per heavy atom. The quantitative estimate of drug-likeness (QED) is 0.668. The number of halogens is 3. The SMILES string of the molecule is O=C1CN(C(=O)C(F)(F)Br)CCN1. The minimum atomic E-state index is -3.58. The fourth-order valence-electron chi connectivity index (χ4n) is 0.991. The summed E-state index contributed by atoms with van der Waals surface area (Å²) in [5.41, 5.74) is 0. The number of hydrogen-bond donors (Lipinski definition) is 1. The highest BCUT2D eigenvalue weighted by Crippen LogP contribution is 2.24. The molecule has 0 radical (unpaired) electrons. The lowest BCUT2D eigenvalue weighted by molar-refractivity contribution is -0.149. The largest absolute Gasteiger partial charge is 0.377 e. The van der Waals surface area contributed by atoms with E-state index in [4.69, 9.17) is 0 Å². The van der Waals surface area contributed by atoms with Gasteiger partial charge in [0.1, 0.15) is 0 Å². The Bertz CT molecular complexity index is 241. The summed E-state index contributed by atoms with van der Waals surface area (Å²) in [6, 6.07) is 0. The third-order valence-electron chi connectivity index (χ3n) is 1.57. The van der Waals surface area contributed by atoms with Crippen molar-refractivity contribution in [2.24, 2.45) is 0 Å². The molecule has 0 aromatic carbocycles. The lowest BCUT2D eigenvalue weighted by Crippen LogP contribution is -2.53. The summed E-state index contributed by atoms with van der Waals surface area (Å²) in [5.74, 6) is -1.79. The van der Waals surface area contributed by atoms with Gasteiger partial charge < -0.3 is 10.2 Å². The maximum atomic E-state index is 12.4. The van der Waals surface area contributed by atoms with Gasteiger partial charge in [-0.2, -0.15) is 8.78 Å². The molecule has 1 saturated heterocycles. The van der Waals surface area contributed by atoms with Crippen molar-refractivity contribution in [2.45, 2.75) is 4.83 Å². The molecule has 0 bridgehead atoms. The third kappa shape index (κ3) is 2.61. The molecule has 13 heavy (non-hydrogen) atoms. The van der Waals surface area contributed by atoms with Crippen molar-refractivity contribution in [1.82, 2.24) is 10.2 Å². The molecule has 7 heteroatoms. The summed E-state index contributed by atoms with van der Waals surface area (Å²) >= 11 is 1.94. The average molecular weight is 257 g/mol. The zero-order chi connectivity index (χ0) is 10.1. The van der Waals surface area contributed by atoms with Crippen LogP contribution in [0.2, 0.25) is 0 Å². The van der Waals surface area contributed by atoms with Crippen molar-refractivity contribution < 1.29 is 18.4 Å². The second-order valence-corrected chi connectivity index (χ2v) is 3.57. The van der Waals surface area contributed by atoms with Crippen LogP contribution < -0.4 is 5.32 Å². The standard InChI is InChI=1S/C6H7BrF2N2O2/c7-6(8,9)5(13)11-2-1-10-4(12)3-11/h1-3H2,(H,10,12). The summed E-state index contributed by atoms with van der Waals surface area (Å²) in [7, 11) is 0. The number of nitrogens with one attached hydrogen (secondary N) is 1. The first-order chi connectivity index (χ1) is 5.91. The van der Waals surface area contributed by atoms with Crippen LogP contribution in [0.4, 0.5) is 8.78 Å². The molecule has 1 heterocycles. The maximum Gasteiger partial charge on any atom is 0.377 e. The molecule has 0 aromatic heterocycles. The molecule has 1 aliphatic rings. The van der Waals surface area contributed by atoms with Crippen LogP contribution in [0.25, 0.3) is 0 Å². The lowest BCUT2D eigenvalue weighted by Gasteiger charge is -2.27. The van der Waals surface area contributed by atoms with Gasteiger partial charge in [0.15, 0.2) is 0 Å². The molecule has 0 aromatic rings. The topological polar surface area (TPSA) is 49.4 Å². The van der Waals surface area contributed by atoms with E-state index in [2.05, 4.69) is 5.32 Å². The van der Waals surface area contributed by atoms with E-state index in [0.717, 1.165) is 4.90 Å². The number of nitrogens with zero attached hydrogens (tertiary/aromatic N) is 1. The van der Waals surface area contributed by atoms with Crippen LogP contribution in [0.3, 0.4) is 0 Å². The van der Waals surface area contributed by atoms with Crippen molar-refractivity contribution in [2.75, 3.05) is 19.6 Å². The van der Waals surface area contributed by atoms with E-state index in [-0.39, 0.29) is 19.6 Å². The van der Waals surface area contributed by atoms with E-state index in [1.165, 1.54) is 0 Å². The second kappa shape index (κ2) is 3.57. The molecule has 74 valence electrons. The van der Waals surface area contributed by atoms with Gasteiger partial charge in [-0.25, -0.2) is 0 Å². The molecule has 1 N–H and O–H groups in total. The van der Waals surface area contributed by atoms with Crippen LogP contribution in [0, 0.1) is 0 Å². The number of carbonyl (C=O) groups excluding carboxylic acids is 2. The summed E-state index contributed by atoms with van der Waals surface area (Å²) in [6.07, 6.45) is 0. The second-order valence-electron chi connectivity index (χ2n) is 2.57. The third-order valence-corrected chi connectivity index (χ3v) is 1.91. The molecule has 1 rings (SSSR count). The molecule has 0 spiro atoms. The Morgan fingerprint density at radius 1 is 1.62 bits per heavy atom. The Hall–Kier alpha value is -0.720. The fraction of sp³-hybridized carbons (Fsp3) is 0.667. The smallest absolute Gasteiger partial charge is 0.353 e. The van der Waals surface area contributed by atoms with Crippen molar-refractivity contribution in [3.05, 3.63) is 0 Å². The first kappa shape index (κ1) is 10.4. The van der Waals surface area contributed by atoms with Gasteiger partial charge in [0.25, 0.3) is 0 Å². The van der Waals surface area contributed by atoms with E-state index in [0.29, 0.717) is 0 Å². The number of piperazine rings is 1. The molecule has 0 atom stereocenters. The predicted octanol–water partition coefficient (Wildman–Crippen LogP) is -0.0675. The molecule has 2 amide bonds. The molecule has 1 fully saturated rings. The Kier molecular flexibility index (Phi) is 2.84. The monoisotopic (exact) mass is 256 g/mol. The van der Waals surface area contributed by atoms with Crippen molar-refractivity contribution in [1.29, 1.82) is 0 Å². The molecule has 0 unspecified atom stereocenters. The minimum Gasteiger partial charge on any atom is -0.353 e. The van der Waals surface area contributed by atoms with E-state index in [9.17, 15) is 18.4 Å². The number of rotatable bonds is 1. The van der Waals surface area contributed by atoms with Gasteiger partial charge in [0, 0.05) is 29.0 Å². The predicted molar refractivity (Wildman–Crippen MR) is 43.5 cm³/mol. The van der Waals surface area contributed by atoms with Gasteiger partial charge in [-0.15, -0.1) is 0 Å². The first-order valence-corrected chi connectivity index (χ1v) is 4.33. The maximum absolute atomic E-state index is 12.4. The summed E-state index contributed by atoms with van der Waals surface area (Å²) in [5, 5.41) is 2.43. The van der Waals surface area contributed by atoms with E-state index in [1.54, 1.807) is 0 Å². The summed E-state index contributed by atoms with van der Waals surface area (Å²) in [4.78, 5) is 18.9.